The summed E-state index contributed by atoms with van der Waals surface area (Å²) in [6.45, 7) is 5.63. The van der Waals surface area contributed by atoms with Crippen molar-refractivity contribution in [3.05, 3.63) is 131 Å². The molecule has 0 amide bonds. The van der Waals surface area contributed by atoms with Crippen LogP contribution in [0.5, 0.6) is 0 Å². The molecule has 0 spiro atoms. The minimum absolute atomic E-state index is 0.183. The van der Waals surface area contributed by atoms with E-state index >= 15 is 0 Å². The third-order valence-electron chi connectivity index (χ3n) is 5.47. The lowest BCUT2D eigenvalue weighted by molar-refractivity contribution is -0.941. The Morgan fingerprint density at radius 1 is 0.700 bits per heavy atom. The zero-order valence-electron chi connectivity index (χ0n) is 17.4. The summed E-state index contributed by atoms with van der Waals surface area (Å²) in [5, 5.41) is 0. The topological polar surface area (TPSA) is 9.37 Å². The zero-order chi connectivity index (χ0) is 20.8. The maximum absolute atomic E-state index is 13.6. The van der Waals surface area contributed by atoms with Crippen LogP contribution < -0.4 is 4.90 Å². The highest BCUT2D eigenvalue weighted by atomic mass is 19.1. The fourth-order valence-corrected chi connectivity index (χ4v) is 3.92. The van der Waals surface area contributed by atoms with Gasteiger partial charge in [0.15, 0.2) is 0 Å². The van der Waals surface area contributed by atoms with Gasteiger partial charge in [0.2, 0.25) is 0 Å². The van der Waals surface area contributed by atoms with E-state index in [1.807, 2.05) is 6.07 Å². The molecule has 1 heterocycles. The van der Waals surface area contributed by atoms with Gasteiger partial charge in [0, 0.05) is 23.9 Å². The first-order chi connectivity index (χ1) is 14.7. The Morgan fingerprint density at radius 3 is 2.13 bits per heavy atom. The predicted molar refractivity (Wildman–Crippen MR) is 120 cm³/mol. The monoisotopic (exact) mass is 399 g/mol. The molecule has 2 nitrogen and oxygen atoms in total. The smallest absolute Gasteiger partial charge is 0.123 e. The van der Waals surface area contributed by atoms with Gasteiger partial charge in [-0.15, -0.1) is 0 Å². The average molecular weight is 400 g/mol. The quantitative estimate of drug-likeness (QED) is 0.437. The Kier molecular flexibility index (Phi) is 6.41. The third-order valence-corrected chi connectivity index (χ3v) is 5.47. The van der Waals surface area contributed by atoms with Crippen molar-refractivity contribution in [2.45, 2.75) is 33.1 Å². The van der Waals surface area contributed by atoms with Crippen LogP contribution >= 0.6 is 0 Å². The van der Waals surface area contributed by atoms with Gasteiger partial charge >= 0.3 is 0 Å². The Labute approximate surface area is 178 Å². The average Bonchev–Trinajstić information content (AvgIpc) is 3.17. The summed E-state index contributed by atoms with van der Waals surface area (Å²) in [6.07, 6.45) is 2.09. The van der Waals surface area contributed by atoms with Gasteiger partial charge in [0.1, 0.15) is 25.5 Å². The molecular formula is C27H28FN2+. The van der Waals surface area contributed by atoms with E-state index in [2.05, 4.69) is 84.4 Å². The van der Waals surface area contributed by atoms with Gasteiger partial charge in [0.25, 0.3) is 0 Å². The van der Waals surface area contributed by atoms with Crippen molar-refractivity contribution in [2.24, 2.45) is 0 Å². The number of hydrogen-bond acceptors (Lipinski definition) is 0. The van der Waals surface area contributed by atoms with Crippen LogP contribution in [0.25, 0.3) is 0 Å². The van der Waals surface area contributed by atoms with E-state index in [-0.39, 0.29) is 5.82 Å². The fourth-order valence-electron chi connectivity index (χ4n) is 3.92. The molecule has 0 fully saturated rings. The predicted octanol–water partition coefficient (Wildman–Crippen LogP) is 4.77. The Hall–Kier alpha value is -3.17. The molecule has 0 bridgehead atoms. The summed E-state index contributed by atoms with van der Waals surface area (Å²) in [5.41, 5.74) is 6.21. The largest absolute Gasteiger partial charge is 0.342 e. The second-order valence-electron chi connectivity index (χ2n) is 8.01. The van der Waals surface area contributed by atoms with Crippen LogP contribution in [0.3, 0.4) is 0 Å². The lowest BCUT2D eigenvalue weighted by atomic mass is 10.1. The zero-order valence-corrected chi connectivity index (χ0v) is 17.4. The van der Waals surface area contributed by atoms with Crippen molar-refractivity contribution >= 4 is 0 Å². The van der Waals surface area contributed by atoms with Gasteiger partial charge in [0.05, 0.1) is 5.69 Å². The number of aryl methyl sites for hydroxylation is 1. The molecule has 0 radical (unpaired) electrons. The molecule has 1 atom stereocenters. The minimum atomic E-state index is -0.183. The first-order valence-corrected chi connectivity index (χ1v) is 10.5. The first kappa shape index (κ1) is 20.1. The van der Waals surface area contributed by atoms with Crippen LogP contribution in [0.4, 0.5) is 4.39 Å². The Balaban J connectivity index is 1.54. The maximum atomic E-state index is 13.6. The van der Waals surface area contributed by atoms with Gasteiger partial charge in [-0.25, -0.2) is 4.39 Å². The lowest BCUT2D eigenvalue weighted by Gasteiger charge is -2.21. The van der Waals surface area contributed by atoms with E-state index in [4.69, 9.17) is 0 Å². The minimum Gasteiger partial charge on any atom is -0.342 e. The van der Waals surface area contributed by atoms with Crippen LogP contribution in [0.2, 0.25) is 0 Å². The van der Waals surface area contributed by atoms with Crippen molar-refractivity contribution < 1.29 is 9.29 Å². The highest BCUT2D eigenvalue weighted by Crippen LogP contribution is 2.10. The van der Waals surface area contributed by atoms with Gasteiger partial charge < -0.3 is 9.47 Å². The molecule has 3 aromatic carbocycles. The number of nitrogens with zero attached hydrogens (tertiary/aromatic N) is 1. The second-order valence-corrected chi connectivity index (χ2v) is 8.01. The molecule has 1 aromatic heterocycles. The molecular weight excluding hydrogens is 371 g/mol. The highest BCUT2D eigenvalue weighted by Gasteiger charge is 2.15. The molecule has 3 heteroatoms. The summed E-state index contributed by atoms with van der Waals surface area (Å²) in [6, 6.07) is 30.6. The second kappa shape index (κ2) is 9.55. The molecule has 30 heavy (non-hydrogen) atoms. The summed E-state index contributed by atoms with van der Waals surface area (Å²) < 4.78 is 15.8. The van der Waals surface area contributed by atoms with Gasteiger partial charge in [-0.1, -0.05) is 72.3 Å². The Morgan fingerprint density at radius 2 is 1.40 bits per heavy atom. The lowest BCUT2D eigenvalue weighted by Crippen LogP contribution is -3.08. The van der Waals surface area contributed by atoms with Gasteiger partial charge in [-0.2, -0.15) is 0 Å². The molecule has 0 saturated heterocycles. The van der Waals surface area contributed by atoms with Crippen molar-refractivity contribution in [1.82, 2.24) is 4.57 Å². The van der Waals surface area contributed by atoms with Gasteiger partial charge in [-0.05, 0) is 36.8 Å². The molecule has 0 saturated carbocycles. The maximum Gasteiger partial charge on any atom is 0.123 e. The van der Waals surface area contributed by atoms with E-state index in [0.29, 0.717) is 6.54 Å². The number of rotatable bonds is 8. The number of nitrogens with one attached hydrogen (secondary N) is 1. The molecule has 4 aromatic rings. The molecule has 1 N–H and O–H groups in total. The summed E-state index contributed by atoms with van der Waals surface area (Å²) in [5.74, 6) is -0.183. The van der Waals surface area contributed by atoms with Crippen molar-refractivity contribution in [2.75, 3.05) is 0 Å². The van der Waals surface area contributed by atoms with Crippen LogP contribution in [-0.2, 0) is 26.2 Å². The van der Waals surface area contributed by atoms with E-state index in [1.165, 1.54) is 33.4 Å². The van der Waals surface area contributed by atoms with E-state index in [1.54, 1.807) is 12.1 Å². The van der Waals surface area contributed by atoms with Crippen LogP contribution in [0.1, 0.15) is 27.9 Å². The molecule has 0 aliphatic carbocycles. The van der Waals surface area contributed by atoms with Crippen molar-refractivity contribution in [1.29, 1.82) is 0 Å². The summed E-state index contributed by atoms with van der Waals surface area (Å²) >= 11 is 0. The standard InChI is InChI=1S/C27H27FN2/c1-22-12-14-24(15-13-22)19-29(18-23-7-3-2-4-8-23)21-27-11-6-16-30(27)20-25-9-5-10-26(28)17-25/h2-17H,18-21H2,1H3/p+1. The van der Waals surface area contributed by atoms with E-state index in [9.17, 15) is 4.39 Å². The SMILES string of the molecule is Cc1ccc(C[NH+](Cc2ccccc2)Cc2cccn2Cc2cccc(F)c2)cc1. The number of benzene rings is 3. The number of hydrogen-bond donors (Lipinski definition) is 1. The molecule has 1 unspecified atom stereocenters. The van der Waals surface area contributed by atoms with E-state index in [0.717, 1.165) is 25.2 Å². The normalized spacial score (nSPS) is 12.1. The molecule has 0 aliphatic rings. The van der Waals surface area contributed by atoms with Crippen molar-refractivity contribution in [3.8, 4) is 0 Å². The van der Waals surface area contributed by atoms with Crippen LogP contribution in [0, 0.1) is 12.7 Å². The third kappa shape index (κ3) is 5.46. The molecule has 4 rings (SSSR count). The number of quaternary nitrogens is 1. The highest BCUT2D eigenvalue weighted by molar-refractivity contribution is 5.21. The summed E-state index contributed by atoms with van der Waals surface area (Å²) in [4.78, 5) is 1.48. The van der Waals surface area contributed by atoms with Crippen LogP contribution in [-0.4, -0.2) is 4.57 Å². The first-order valence-electron chi connectivity index (χ1n) is 10.5. The molecule has 0 aliphatic heterocycles. The van der Waals surface area contributed by atoms with Crippen LogP contribution in [0.15, 0.2) is 97.2 Å². The van der Waals surface area contributed by atoms with Gasteiger partial charge in [-0.3, -0.25) is 0 Å². The summed E-state index contributed by atoms with van der Waals surface area (Å²) in [7, 11) is 0. The fraction of sp³-hybridized carbons (Fsp3) is 0.185. The number of aromatic nitrogens is 1. The van der Waals surface area contributed by atoms with Crippen molar-refractivity contribution in [3.63, 3.8) is 0 Å². The van der Waals surface area contributed by atoms with E-state index < -0.39 is 0 Å². The Bertz CT molecular complexity index is 1070. The number of halogens is 1. The molecule has 152 valence electrons.